The minimum atomic E-state index is -3.76. The van der Waals surface area contributed by atoms with Gasteiger partial charge in [-0.3, -0.25) is 4.79 Å². The number of fused-ring (bicyclic) bond motifs is 1. The number of carbonyl (C=O) groups is 1. The van der Waals surface area contributed by atoms with Crippen LogP contribution in [0.15, 0.2) is 82.3 Å². The number of benzene rings is 3. The van der Waals surface area contributed by atoms with Crippen molar-refractivity contribution in [1.29, 1.82) is 0 Å². The van der Waals surface area contributed by atoms with E-state index in [0.29, 0.717) is 11.3 Å². The van der Waals surface area contributed by atoms with Gasteiger partial charge in [-0.25, -0.2) is 12.4 Å². The Morgan fingerprint density at radius 3 is 2.48 bits per heavy atom. The first-order valence-electron chi connectivity index (χ1n) is 10.2. The molecule has 1 aromatic heterocycles. The Kier molecular flexibility index (Phi) is 6.58. The third kappa shape index (κ3) is 4.82. The lowest BCUT2D eigenvalue weighted by Crippen LogP contribution is -2.12. The quantitative estimate of drug-likeness (QED) is 0.307. The Bertz CT molecular complexity index is 1430. The topological polar surface area (TPSA) is 74.6 Å². The summed E-state index contributed by atoms with van der Waals surface area (Å²) in [5, 5.41) is 0.778. The Balaban J connectivity index is 1.66. The summed E-state index contributed by atoms with van der Waals surface area (Å²) in [4.78, 5) is 11.9. The van der Waals surface area contributed by atoms with Crippen molar-refractivity contribution in [2.45, 2.75) is 24.8 Å². The second-order valence-electron chi connectivity index (χ2n) is 7.59. The predicted octanol–water partition coefficient (Wildman–Crippen LogP) is 5.24. The number of aryl methyl sites for hydroxylation is 1. The summed E-state index contributed by atoms with van der Waals surface area (Å²) < 4.78 is 39.3. The molecule has 0 aliphatic heterocycles. The summed E-state index contributed by atoms with van der Waals surface area (Å²) in [6.45, 7) is 2.11. The number of aromatic nitrogens is 1. The van der Waals surface area contributed by atoms with Crippen molar-refractivity contribution in [3.05, 3.63) is 94.1 Å². The molecule has 0 atom stereocenters. The fraction of sp³-hybridized carbons (Fsp3) is 0.160. The van der Waals surface area contributed by atoms with Crippen LogP contribution in [-0.4, -0.2) is 25.5 Å². The Morgan fingerprint density at radius 2 is 1.76 bits per heavy atom. The first-order valence-corrected chi connectivity index (χ1v) is 12.4. The Labute approximate surface area is 200 Å². The van der Waals surface area contributed by atoms with E-state index in [1.165, 1.54) is 11.1 Å². The van der Waals surface area contributed by atoms with Gasteiger partial charge in [0.2, 0.25) is 0 Å². The van der Waals surface area contributed by atoms with Gasteiger partial charge >= 0.3 is 5.97 Å². The second-order valence-corrected chi connectivity index (χ2v) is 10.3. The maximum Gasteiger partial charge on any atom is 0.310 e. The highest BCUT2D eigenvalue weighted by Crippen LogP contribution is 2.30. The van der Waals surface area contributed by atoms with Crippen molar-refractivity contribution >= 4 is 42.8 Å². The maximum absolute atomic E-state index is 13.3. The first-order chi connectivity index (χ1) is 15.8. The number of ether oxygens (including phenoxy) is 2. The van der Waals surface area contributed by atoms with Crippen molar-refractivity contribution < 1.29 is 22.7 Å². The van der Waals surface area contributed by atoms with Gasteiger partial charge in [-0.05, 0) is 48.9 Å². The van der Waals surface area contributed by atoms with Crippen LogP contribution in [-0.2, 0) is 32.6 Å². The van der Waals surface area contributed by atoms with E-state index in [0.717, 1.165) is 26.5 Å². The summed E-state index contributed by atoms with van der Waals surface area (Å²) in [6.07, 6.45) is 1.66. The van der Waals surface area contributed by atoms with E-state index < -0.39 is 10.0 Å². The summed E-state index contributed by atoms with van der Waals surface area (Å²) in [5.74, 6) is 0.219. The van der Waals surface area contributed by atoms with Crippen LogP contribution in [0.3, 0.4) is 0 Å². The third-order valence-electron chi connectivity index (χ3n) is 5.29. The highest BCUT2D eigenvalue weighted by Gasteiger charge is 2.20. The largest absolute Gasteiger partial charge is 0.489 e. The van der Waals surface area contributed by atoms with Crippen LogP contribution in [0, 0.1) is 6.92 Å². The van der Waals surface area contributed by atoms with Crippen molar-refractivity contribution in [2.75, 3.05) is 7.11 Å². The van der Waals surface area contributed by atoms with E-state index in [4.69, 9.17) is 9.47 Å². The minimum absolute atomic E-state index is 0.104. The highest BCUT2D eigenvalue weighted by atomic mass is 79.9. The first kappa shape index (κ1) is 23.1. The number of para-hydroxylation sites is 1. The van der Waals surface area contributed by atoms with Gasteiger partial charge in [-0.15, -0.1) is 0 Å². The van der Waals surface area contributed by atoms with E-state index >= 15 is 0 Å². The number of methoxy groups -OCH3 is 1. The lowest BCUT2D eigenvalue weighted by atomic mass is 10.1. The molecule has 0 bridgehead atoms. The number of nitrogens with zero attached hydrogens (tertiary/aromatic N) is 1. The fourth-order valence-corrected chi connectivity index (χ4v) is 5.49. The molecule has 3 aromatic carbocycles. The second kappa shape index (κ2) is 9.41. The van der Waals surface area contributed by atoms with Gasteiger partial charge in [-0.1, -0.05) is 51.8 Å². The molecule has 170 valence electrons. The number of halogens is 1. The van der Waals surface area contributed by atoms with Crippen molar-refractivity contribution in [3.63, 3.8) is 0 Å². The van der Waals surface area contributed by atoms with E-state index in [1.54, 1.807) is 48.7 Å². The zero-order valence-corrected chi connectivity index (χ0v) is 20.5. The standard InChI is InChI=1S/C25H22BrNO5S/c1-17-7-9-20(10-8-17)33(29,30)27-12-11-21-22(26)13-18(14-23(21)27)16-32-24-6-4-3-5-19(24)15-25(28)31-2/h3-14H,15-16H2,1-2H3. The van der Waals surface area contributed by atoms with Crippen LogP contribution in [0.2, 0.25) is 0 Å². The number of rotatable bonds is 7. The lowest BCUT2D eigenvalue weighted by molar-refractivity contribution is -0.139. The van der Waals surface area contributed by atoms with E-state index in [2.05, 4.69) is 15.9 Å². The number of hydrogen-bond acceptors (Lipinski definition) is 5. The third-order valence-corrected chi connectivity index (χ3v) is 7.65. The molecule has 6 nitrogen and oxygen atoms in total. The van der Waals surface area contributed by atoms with Gasteiger partial charge in [0.15, 0.2) is 0 Å². The number of carbonyl (C=O) groups excluding carboxylic acids is 1. The molecule has 0 aliphatic carbocycles. The molecule has 0 unspecified atom stereocenters. The van der Waals surface area contributed by atoms with E-state index in [1.807, 2.05) is 31.2 Å². The smallest absolute Gasteiger partial charge is 0.310 e. The summed E-state index contributed by atoms with van der Waals surface area (Å²) in [6, 6.07) is 19.5. The molecular formula is C25H22BrNO5S. The van der Waals surface area contributed by atoms with Gasteiger partial charge < -0.3 is 9.47 Å². The molecule has 0 spiro atoms. The Morgan fingerprint density at radius 1 is 1.03 bits per heavy atom. The summed E-state index contributed by atoms with van der Waals surface area (Å²) in [7, 11) is -2.41. The molecular weight excluding hydrogens is 506 g/mol. The van der Waals surface area contributed by atoms with E-state index in [-0.39, 0.29) is 23.9 Å². The van der Waals surface area contributed by atoms with Crippen molar-refractivity contribution in [2.24, 2.45) is 0 Å². The molecule has 0 fully saturated rings. The van der Waals surface area contributed by atoms with Crippen molar-refractivity contribution in [3.8, 4) is 5.75 Å². The molecule has 33 heavy (non-hydrogen) atoms. The van der Waals surface area contributed by atoms with Crippen LogP contribution in [0.25, 0.3) is 10.9 Å². The summed E-state index contributed by atoms with van der Waals surface area (Å²) in [5.41, 5.74) is 3.03. The SMILES string of the molecule is COC(=O)Cc1ccccc1OCc1cc(Br)c2ccn(S(=O)(=O)c3ccc(C)cc3)c2c1. The van der Waals surface area contributed by atoms with Gasteiger partial charge in [0, 0.05) is 21.6 Å². The molecule has 8 heteroatoms. The molecule has 1 heterocycles. The van der Waals surface area contributed by atoms with Crippen molar-refractivity contribution in [1.82, 2.24) is 3.97 Å². The number of hydrogen-bond donors (Lipinski definition) is 0. The van der Waals surface area contributed by atoms with Gasteiger partial charge in [0.25, 0.3) is 10.0 Å². The number of esters is 1. The molecule has 0 N–H and O–H groups in total. The lowest BCUT2D eigenvalue weighted by Gasteiger charge is -2.13. The molecule has 0 amide bonds. The van der Waals surface area contributed by atoms with Crippen LogP contribution in [0.5, 0.6) is 5.75 Å². The maximum atomic E-state index is 13.3. The fourth-order valence-electron chi connectivity index (χ4n) is 3.52. The molecule has 4 rings (SSSR count). The zero-order valence-electron chi connectivity index (χ0n) is 18.1. The molecule has 0 aliphatic rings. The molecule has 0 radical (unpaired) electrons. The molecule has 4 aromatic rings. The summed E-state index contributed by atoms with van der Waals surface area (Å²) >= 11 is 3.55. The van der Waals surface area contributed by atoms with Gasteiger partial charge in [-0.2, -0.15) is 0 Å². The zero-order chi connectivity index (χ0) is 23.6. The predicted molar refractivity (Wildman–Crippen MR) is 130 cm³/mol. The van der Waals surface area contributed by atoms with Gasteiger partial charge in [0.1, 0.15) is 12.4 Å². The van der Waals surface area contributed by atoms with Gasteiger partial charge in [0.05, 0.1) is 23.9 Å². The van der Waals surface area contributed by atoms with E-state index in [9.17, 15) is 13.2 Å². The molecule has 0 saturated carbocycles. The van der Waals surface area contributed by atoms with Crippen LogP contribution in [0.4, 0.5) is 0 Å². The van der Waals surface area contributed by atoms with Crippen LogP contribution >= 0.6 is 15.9 Å². The monoisotopic (exact) mass is 527 g/mol. The average molecular weight is 528 g/mol. The average Bonchev–Trinajstić information content (AvgIpc) is 3.24. The highest BCUT2D eigenvalue weighted by molar-refractivity contribution is 9.10. The normalized spacial score (nSPS) is 11.5. The Hall–Kier alpha value is -3.10. The van der Waals surface area contributed by atoms with Crippen LogP contribution in [0.1, 0.15) is 16.7 Å². The molecule has 0 saturated heterocycles. The minimum Gasteiger partial charge on any atom is -0.489 e. The van der Waals surface area contributed by atoms with Crippen LogP contribution < -0.4 is 4.74 Å².